The van der Waals surface area contributed by atoms with Crippen molar-refractivity contribution in [2.75, 3.05) is 11.9 Å². The van der Waals surface area contributed by atoms with Crippen molar-refractivity contribution in [2.45, 2.75) is 50.2 Å². The number of nitrogens with one attached hydrogen (secondary N) is 3. The van der Waals surface area contributed by atoms with Crippen molar-refractivity contribution in [3.05, 3.63) is 35.5 Å². The van der Waals surface area contributed by atoms with Crippen LogP contribution in [0.15, 0.2) is 24.3 Å². The summed E-state index contributed by atoms with van der Waals surface area (Å²) < 4.78 is 10.8. The molecule has 1 aromatic carbocycles. The van der Waals surface area contributed by atoms with E-state index in [-0.39, 0.29) is 47.8 Å². The monoisotopic (exact) mass is 428 g/mol. The van der Waals surface area contributed by atoms with E-state index in [1.165, 1.54) is 18.2 Å². The number of hydrogen-bond donors (Lipinski definition) is 4. The lowest BCUT2D eigenvalue weighted by Crippen LogP contribution is -2.29. The predicted octanol–water partition coefficient (Wildman–Crippen LogP) is 2.47. The average molecular weight is 428 g/mol. The molecule has 0 spiro atoms. The number of rotatable bonds is 8. The van der Waals surface area contributed by atoms with Crippen molar-refractivity contribution in [1.29, 1.82) is 0 Å². The third kappa shape index (κ3) is 5.33. The molecule has 0 unspecified atom stereocenters. The minimum atomic E-state index is -0.456. The summed E-state index contributed by atoms with van der Waals surface area (Å²) in [6.07, 6.45) is 4.35. The predicted molar refractivity (Wildman–Crippen MR) is 109 cm³/mol. The number of phenolic OH excluding ortho intramolecular Hbond substituents is 1. The SMILES string of the molecule is O=Cc1c(O)cccc1OCC(=O)Nc1cc([C@H]2CC[C@@H](OC(=O)NC3CC3)C2)[nH]n1. The van der Waals surface area contributed by atoms with Crippen molar-refractivity contribution in [2.24, 2.45) is 0 Å². The van der Waals surface area contributed by atoms with E-state index in [0.717, 1.165) is 31.4 Å². The second kappa shape index (κ2) is 9.07. The molecule has 10 heteroatoms. The smallest absolute Gasteiger partial charge is 0.407 e. The highest BCUT2D eigenvalue weighted by atomic mass is 16.6. The van der Waals surface area contributed by atoms with Gasteiger partial charge in [0, 0.05) is 23.7 Å². The average Bonchev–Trinajstić information content (AvgIpc) is 3.22. The van der Waals surface area contributed by atoms with Crippen molar-refractivity contribution >= 4 is 24.1 Å². The largest absolute Gasteiger partial charge is 0.507 e. The van der Waals surface area contributed by atoms with E-state index in [9.17, 15) is 19.5 Å². The lowest BCUT2D eigenvalue weighted by atomic mass is 10.0. The number of benzene rings is 1. The maximum absolute atomic E-state index is 12.2. The summed E-state index contributed by atoms with van der Waals surface area (Å²) in [7, 11) is 0. The van der Waals surface area contributed by atoms with Gasteiger partial charge in [-0.1, -0.05) is 6.07 Å². The Balaban J connectivity index is 1.25. The summed E-state index contributed by atoms with van der Waals surface area (Å²) >= 11 is 0. The van der Waals surface area contributed by atoms with Crippen molar-refractivity contribution < 1.29 is 29.0 Å². The molecule has 2 aromatic rings. The van der Waals surface area contributed by atoms with Crippen LogP contribution in [0, 0.1) is 0 Å². The van der Waals surface area contributed by atoms with Crippen LogP contribution < -0.4 is 15.4 Å². The molecule has 2 fully saturated rings. The van der Waals surface area contributed by atoms with Crippen molar-refractivity contribution in [3.63, 3.8) is 0 Å². The van der Waals surface area contributed by atoms with E-state index in [4.69, 9.17) is 9.47 Å². The highest BCUT2D eigenvalue weighted by Crippen LogP contribution is 2.36. The topological polar surface area (TPSA) is 143 Å². The fourth-order valence-corrected chi connectivity index (χ4v) is 3.62. The van der Waals surface area contributed by atoms with Crippen LogP contribution in [0.4, 0.5) is 10.6 Å². The van der Waals surface area contributed by atoms with Gasteiger partial charge in [0.25, 0.3) is 5.91 Å². The quantitative estimate of drug-likeness (QED) is 0.473. The molecule has 0 radical (unpaired) electrons. The van der Waals surface area contributed by atoms with Gasteiger partial charge in [-0.15, -0.1) is 0 Å². The lowest BCUT2D eigenvalue weighted by molar-refractivity contribution is -0.118. The van der Waals surface area contributed by atoms with Gasteiger partial charge in [0.2, 0.25) is 0 Å². The van der Waals surface area contributed by atoms with Gasteiger partial charge >= 0.3 is 6.09 Å². The van der Waals surface area contributed by atoms with Crippen LogP contribution in [0.1, 0.15) is 54.1 Å². The molecule has 2 atom stereocenters. The molecule has 2 aliphatic rings. The zero-order valence-electron chi connectivity index (χ0n) is 16.8. The van der Waals surface area contributed by atoms with Crippen molar-refractivity contribution in [1.82, 2.24) is 15.5 Å². The van der Waals surface area contributed by atoms with Gasteiger partial charge < -0.3 is 25.2 Å². The number of aromatic nitrogens is 2. The van der Waals surface area contributed by atoms with Crippen LogP contribution in [0.5, 0.6) is 11.5 Å². The van der Waals surface area contributed by atoms with Crippen LogP contribution in [0.3, 0.4) is 0 Å². The normalized spacial score (nSPS) is 20.1. The first kappa shape index (κ1) is 20.7. The first-order valence-electron chi connectivity index (χ1n) is 10.2. The summed E-state index contributed by atoms with van der Waals surface area (Å²) in [6.45, 7) is -0.345. The van der Waals surface area contributed by atoms with E-state index < -0.39 is 5.91 Å². The van der Waals surface area contributed by atoms with Gasteiger partial charge in [0.1, 0.15) is 17.6 Å². The number of nitrogens with zero attached hydrogens (tertiary/aromatic N) is 1. The van der Waals surface area contributed by atoms with E-state index in [1.807, 2.05) is 0 Å². The van der Waals surface area contributed by atoms with Gasteiger partial charge in [-0.05, 0) is 44.2 Å². The molecular formula is C21H24N4O6. The number of phenols is 1. The minimum Gasteiger partial charge on any atom is -0.507 e. The fourth-order valence-electron chi connectivity index (χ4n) is 3.62. The summed E-state index contributed by atoms with van der Waals surface area (Å²) in [6, 6.07) is 6.39. The van der Waals surface area contributed by atoms with Gasteiger partial charge in [-0.25, -0.2) is 4.79 Å². The molecule has 0 bridgehead atoms. The molecule has 4 rings (SSSR count). The van der Waals surface area contributed by atoms with Gasteiger partial charge in [0.15, 0.2) is 18.7 Å². The summed E-state index contributed by atoms with van der Waals surface area (Å²) in [4.78, 5) is 35.0. The molecule has 10 nitrogen and oxygen atoms in total. The number of hydrogen-bond acceptors (Lipinski definition) is 7. The Labute approximate surface area is 178 Å². The van der Waals surface area contributed by atoms with E-state index in [1.54, 1.807) is 6.07 Å². The molecule has 2 amide bonds. The second-order valence-electron chi connectivity index (χ2n) is 7.81. The molecule has 31 heavy (non-hydrogen) atoms. The molecule has 2 saturated carbocycles. The Morgan fingerprint density at radius 3 is 2.87 bits per heavy atom. The Hall–Kier alpha value is -3.56. The third-order valence-corrected chi connectivity index (χ3v) is 5.38. The highest BCUT2D eigenvalue weighted by molar-refractivity contribution is 5.91. The van der Waals surface area contributed by atoms with Crippen LogP contribution in [-0.2, 0) is 9.53 Å². The maximum atomic E-state index is 12.2. The Morgan fingerprint density at radius 1 is 1.26 bits per heavy atom. The molecule has 0 saturated heterocycles. The number of amides is 2. The third-order valence-electron chi connectivity index (χ3n) is 5.38. The number of H-pyrrole nitrogens is 1. The summed E-state index contributed by atoms with van der Waals surface area (Å²) in [5.74, 6) is -0.0338. The number of aldehydes is 1. The number of ether oxygens (including phenoxy) is 2. The molecule has 1 aromatic heterocycles. The molecule has 4 N–H and O–H groups in total. The minimum absolute atomic E-state index is 0.0128. The zero-order chi connectivity index (χ0) is 21.8. The van der Waals surface area contributed by atoms with E-state index >= 15 is 0 Å². The molecule has 1 heterocycles. The Bertz CT molecular complexity index is 971. The maximum Gasteiger partial charge on any atom is 0.407 e. The summed E-state index contributed by atoms with van der Waals surface area (Å²) in [5.41, 5.74) is 0.849. The number of carbonyl (C=O) groups excluding carboxylic acids is 3. The van der Waals surface area contributed by atoms with Gasteiger partial charge in [-0.3, -0.25) is 14.7 Å². The first-order valence-corrected chi connectivity index (χ1v) is 10.2. The van der Waals surface area contributed by atoms with Crippen molar-refractivity contribution in [3.8, 4) is 11.5 Å². The van der Waals surface area contributed by atoms with Crippen LogP contribution in [0.2, 0.25) is 0 Å². The Morgan fingerprint density at radius 2 is 2.10 bits per heavy atom. The van der Waals surface area contributed by atoms with E-state index in [0.29, 0.717) is 18.5 Å². The number of carbonyl (C=O) groups is 3. The lowest BCUT2D eigenvalue weighted by Gasteiger charge is -2.12. The summed E-state index contributed by atoms with van der Waals surface area (Å²) in [5, 5.41) is 22.1. The van der Waals surface area contributed by atoms with Gasteiger partial charge in [0.05, 0.1) is 5.56 Å². The highest BCUT2D eigenvalue weighted by Gasteiger charge is 2.31. The zero-order valence-corrected chi connectivity index (χ0v) is 16.8. The van der Waals surface area contributed by atoms with Crippen LogP contribution in [-0.4, -0.2) is 52.3 Å². The second-order valence-corrected chi connectivity index (χ2v) is 7.81. The fraction of sp³-hybridized carbons (Fsp3) is 0.429. The number of anilines is 1. The van der Waals surface area contributed by atoms with E-state index in [2.05, 4.69) is 20.8 Å². The van der Waals surface area contributed by atoms with Crippen LogP contribution >= 0.6 is 0 Å². The first-order chi connectivity index (χ1) is 15.0. The number of alkyl carbamates (subject to hydrolysis) is 1. The standard InChI is InChI=1S/C21H24N4O6/c26-10-15-17(27)2-1-3-18(15)30-11-20(28)23-19-9-16(24-25-19)12-4-7-14(8-12)31-21(29)22-13-5-6-13/h1-3,9-10,12-14,27H,4-8,11H2,(H,22,29)(H2,23,24,25,28)/t12-,14+/m0/s1. The molecular weight excluding hydrogens is 404 g/mol. The molecule has 164 valence electrons. The van der Waals surface area contributed by atoms with Gasteiger partial charge in [-0.2, -0.15) is 5.10 Å². The van der Waals surface area contributed by atoms with Crippen LogP contribution in [0.25, 0.3) is 0 Å². The number of aromatic hydroxyl groups is 1. The molecule has 2 aliphatic carbocycles. The Kier molecular flexibility index (Phi) is 6.06. The molecule has 0 aliphatic heterocycles. The number of aromatic amines is 1.